The minimum absolute atomic E-state index is 0.199. The molecule has 3 saturated heterocycles. The van der Waals surface area contributed by atoms with E-state index >= 15 is 0 Å². The van der Waals surface area contributed by atoms with Crippen molar-refractivity contribution < 1.29 is 69.3 Å². The molecule has 17 heteroatoms. The zero-order valence-electron chi connectivity index (χ0n) is 22.4. The Morgan fingerprint density at radius 2 is 1.26 bits per heavy atom. The summed E-state index contributed by atoms with van der Waals surface area (Å²) in [6.45, 7) is -2.19. The maximum atomic E-state index is 13.1. The summed E-state index contributed by atoms with van der Waals surface area (Å²) in [5, 5.41) is 84.6. The van der Waals surface area contributed by atoms with Crippen molar-refractivity contribution in [3.8, 4) is 0 Å². The summed E-state index contributed by atoms with van der Waals surface area (Å²) >= 11 is 0. The Labute approximate surface area is 240 Å². The Morgan fingerprint density at radius 1 is 0.714 bits per heavy atom. The third-order valence-corrected chi connectivity index (χ3v) is 7.62. The number of hydrogen-bond donors (Lipinski definition) is 11. The highest BCUT2D eigenvalue weighted by Gasteiger charge is 2.53. The van der Waals surface area contributed by atoms with Crippen LogP contribution in [0.5, 0.6) is 0 Å². The topological polar surface area (TPSA) is 289 Å². The number of nitrogens with one attached hydrogen (secondary N) is 1. The van der Waals surface area contributed by atoms with E-state index in [1.165, 1.54) is 12.1 Å². The van der Waals surface area contributed by atoms with Crippen molar-refractivity contribution in [1.29, 1.82) is 0 Å². The third-order valence-electron chi connectivity index (χ3n) is 7.62. The van der Waals surface area contributed by atoms with Gasteiger partial charge in [0.1, 0.15) is 61.0 Å². The fraction of sp³-hybridized carbons (Fsp3) is 0.720. The smallest absolute Gasteiger partial charge is 0.251 e. The van der Waals surface area contributed by atoms with Crippen LogP contribution in [-0.4, -0.2) is 159 Å². The van der Waals surface area contributed by atoms with Gasteiger partial charge in [0.05, 0.1) is 31.9 Å². The Morgan fingerprint density at radius 3 is 1.88 bits per heavy atom. The van der Waals surface area contributed by atoms with Crippen LogP contribution in [0.15, 0.2) is 30.3 Å². The number of hydrogen-bond acceptors (Lipinski definition) is 16. The highest BCUT2D eigenvalue weighted by Crippen LogP contribution is 2.32. The van der Waals surface area contributed by atoms with Gasteiger partial charge in [0.15, 0.2) is 18.9 Å². The molecule has 4 rings (SSSR count). The highest BCUT2D eigenvalue weighted by molar-refractivity contribution is 5.94. The fourth-order valence-electron chi connectivity index (χ4n) is 5.13. The van der Waals surface area contributed by atoms with E-state index in [0.29, 0.717) is 0 Å². The van der Waals surface area contributed by atoms with Gasteiger partial charge in [0.2, 0.25) is 0 Å². The van der Waals surface area contributed by atoms with Crippen LogP contribution >= 0.6 is 0 Å². The molecule has 3 heterocycles. The molecule has 15 atom stereocenters. The monoisotopic (exact) mass is 605 g/mol. The fourth-order valence-corrected chi connectivity index (χ4v) is 5.13. The summed E-state index contributed by atoms with van der Waals surface area (Å²) < 4.78 is 28.3. The van der Waals surface area contributed by atoms with E-state index in [0.717, 1.165) is 0 Å². The molecule has 3 aliphatic rings. The van der Waals surface area contributed by atoms with Crippen LogP contribution in [0.3, 0.4) is 0 Å². The first-order valence-electron chi connectivity index (χ1n) is 13.4. The first-order chi connectivity index (χ1) is 20.0. The molecular weight excluding hydrogens is 566 g/mol. The predicted octanol–water partition coefficient (Wildman–Crippen LogP) is -6.20. The summed E-state index contributed by atoms with van der Waals surface area (Å²) in [6, 6.07) is 3.74. The molecule has 1 aromatic rings. The third kappa shape index (κ3) is 6.75. The standard InChI is InChI=1S/C25H39N3O14/c26-13-18(34)20(11(7-30)38-23(13)37)42-25-15(28-22(36)9-4-2-1-3-5-9)19(35)21(12(8-31)40-25)41-24-14(27)17(33)16(32)10(6-29)39-24/h1-5,10-21,23-25,29-35,37H,6-8,26-27H2,(H,28,36)/t10-,11-,12-,13-,14-,15-,16-,17-,18-,19-,20?,21?,23-,24+,25+/m1/s1. The van der Waals surface area contributed by atoms with Crippen LogP contribution in [0.2, 0.25) is 0 Å². The molecule has 0 aliphatic carbocycles. The molecule has 0 bridgehead atoms. The summed E-state index contributed by atoms with van der Waals surface area (Å²) in [7, 11) is 0. The molecule has 238 valence electrons. The Balaban J connectivity index is 1.62. The van der Waals surface area contributed by atoms with E-state index in [2.05, 4.69) is 5.32 Å². The largest absolute Gasteiger partial charge is 0.394 e. The van der Waals surface area contributed by atoms with Gasteiger partial charge in [0.25, 0.3) is 5.91 Å². The molecule has 1 amide bonds. The molecule has 17 nitrogen and oxygen atoms in total. The molecule has 1 aromatic carbocycles. The van der Waals surface area contributed by atoms with Crippen LogP contribution in [-0.2, 0) is 23.7 Å². The normalized spacial score (nSPS) is 44.5. The second kappa shape index (κ2) is 14.2. The summed E-state index contributed by atoms with van der Waals surface area (Å²) in [5.74, 6) is -0.672. The first-order valence-corrected chi connectivity index (χ1v) is 13.4. The van der Waals surface area contributed by atoms with E-state index < -0.39 is 118 Å². The summed E-state index contributed by atoms with van der Waals surface area (Å²) in [6.07, 6.45) is -18.0. The van der Waals surface area contributed by atoms with Crippen molar-refractivity contribution >= 4 is 5.91 Å². The van der Waals surface area contributed by atoms with Crippen LogP contribution < -0.4 is 16.8 Å². The quantitative estimate of drug-likeness (QED) is 0.125. The number of aliphatic hydroxyl groups excluding tert-OH is 8. The molecule has 13 N–H and O–H groups in total. The Bertz CT molecular complexity index is 1010. The number of amides is 1. The minimum atomic E-state index is -1.73. The molecule has 0 aromatic heterocycles. The molecule has 42 heavy (non-hydrogen) atoms. The van der Waals surface area contributed by atoms with Crippen molar-refractivity contribution in [2.75, 3.05) is 19.8 Å². The lowest BCUT2D eigenvalue weighted by molar-refractivity contribution is -0.349. The number of ether oxygens (including phenoxy) is 5. The molecule has 3 fully saturated rings. The van der Waals surface area contributed by atoms with Crippen molar-refractivity contribution in [3.63, 3.8) is 0 Å². The predicted molar refractivity (Wildman–Crippen MR) is 137 cm³/mol. The highest BCUT2D eigenvalue weighted by atomic mass is 16.7. The SMILES string of the molecule is N[C@H]1[C@H](OC2[C@@H](CO)O[C@@H](OC3[C@@H](CO)O[C@@H](O)[C@H](N)[C@H]3O)[C@H](NC(=O)c3ccccc3)[C@H]2O)O[C@H](CO)[C@@H](O)[C@@H]1O. The molecule has 2 unspecified atom stereocenters. The van der Waals surface area contributed by atoms with Gasteiger partial charge in [-0.05, 0) is 12.1 Å². The van der Waals surface area contributed by atoms with Crippen LogP contribution in [0.25, 0.3) is 0 Å². The summed E-state index contributed by atoms with van der Waals surface area (Å²) in [4.78, 5) is 13.1. The van der Waals surface area contributed by atoms with E-state index in [4.69, 9.17) is 35.2 Å². The van der Waals surface area contributed by atoms with Crippen molar-refractivity contribution in [2.24, 2.45) is 11.5 Å². The number of carbonyl (C=O) groups is 1. The zero-order chi connectivity index (χ0) is 30.7. The average Bonchev–Trinajstić information content (AvgIpc) is 3.00. The van der Waals surface area contributed by atoms with Gasteiger partial charge < -0.3 is 81.3 Å². The second-order valence-corrected chi connectivity index (χ2v) is 10.4. The van der Waals surface area contributed by atoms with Crippen LogP contribution in [0.1, 0.15) is 10.4 Å². The lowest BCUT2D eigenvalue weighted by Crippen LogP contribution is -2.70. The van der Waals surface area contributed by atoms with E-state index in [1.807, 2.05) is 0 Å². The average molecular weight is 606 g/mol. The van der Waals surface area contributed by atoms with Gasteiger partial charge in [-0.1, -0.05) is 18.2 Å². The van der Waals surface area contributed by atoms with Gasteiger partial charge in [-0.3, -0.25) is 4.79 Å². The molecule has 0 spiro atoms. The van der Waals surface area contributed by atoms with Gasteiger partial charge >= 0.3 is 0 Å². The Kier molecular flexibility index (Phi) is 11.2. The maximum absolute atomic E-state index is 13.1. The molecule has 0 saturated carbocycles. The Hall–Kier alpha value is -1.91. The van der Waals surface area contributed by atoms with Gasteiger partial charge in [-0.2, -0.15) is 0 Å². The van der Waals surface area contributed by atoms with Gasteiger partial charge in [0, 0.05) is 5.56 Å². The van der Waals surface area contributed by atoms with E-state index in [1.54, 1.807) is 18.2 Å². The summed E-state index contributed by atoms with van der Waals surface area (Å²) in [5.41, 5.74) is 12.0. The van der Waals surface area contributed by atoms with E-state index in [9.17, 15) is 45.6 Å². The van der Waals surface area contributed by atoms with Gasteiger partial charge in [-0.15, -0.1) is 0 Å². The number of rotatable bonds is 9. The number of aliphatic hydroxyl groups is 8. The number of nitrogens with two attached hydrogens (primary N) is 2. The second-order valence-electron chi connectivity index (χ2n) is 10.4. The minimum Gasteiger partial charge on any atom is -0.394 e. The lowest BCUT2D eigenvalue weighted by Gasteiger charge is -2.49. The number of benzene rings is 1. The van der Waals surface area contributed by atoms with Crippen molar-refractivity contribution in [3.05, 3.63) is 35.9 Å². The maximum Gasteiger partial charge on any atom is 0.251 e. The molecule has 0 radical (unpaired) electrons. The number of carbonyl (C=O) groups excluding carboxylic acids is 1. The molecule has 3 aliphatic heterocycles. The first kappa shape index (κ1) is 33.0. The van der Waals surface area contributed by atoms with Crippen molar-refractivity contribution in [1.82, 2.24) is 5.32 Å². The zero-order valence-corrected chi connectivity index (χ0v) is 22.4. The van der Waals surface area contributed by atoms with E-state index in [-0.39, 0.29) is 5.56 Å². The lowest BCUT2D eigenvalue weighted by atomic mass is 9.94. The van der Waals surface area contributed by atoms with Crippen LogP contribution in [0.4, 0.5) is 0 Å². The van der Waals surface area contributed by atoms with Gasteiger partial charge in [-0.25, -0.2) is 0 Å². The van der Waals surface area contributed by atoms with Crippen molar-refractivity contribution in [2.45, 2.75) is 91.9 Å². The molecular formula is C25H39N3O14. The van der Waals surface area contributed by atoms with Crippen LogP contribution in [0, 0.1) is 0 Å².